The highest BCUT2D eigenvalue weighted by Crippen LogP contribution is 2.24. The number of anilines is 1. The quantitative estimate of drug-likeness (QED) is 0.805. The van der Waals surface area contributed by atoms with Crippen LogP contribution in [0.2, 0.25) is 5.02 Å². The zero-order chi connectivity index (χ0) is 13.1. The standard InChI is InChI=1S/C9H10Cl2N2O3S/c10-3-4-17(15,16)13-8-5-6(9(12)14)1-2-7(8)11/h1-2,5,13H,3-4H2,(H2,12,14). The first-order valence-electron chi connectivity index (χ1n) is 4.51. The van der Waals surface area contributed by atoms with Gasteiger partial charge in [-0.3, -0.25) is 9.52 Å². The smallest absolute Gasteiger partial charge is 0.248 e. The molecule has 1 amide bonds. The molecule has 1 rings (SSSR count). The van der Waals surface area contributed by atoms with E-state index < -0.39 is 15.9 Å². The van der Waals surface area contributed by atoms with Crippen molar-refractivity contribution in [1.82, 2.24) is 0 Å². The van der Waals surface area contributed by atoms with Crippen LogP contribution in [0.3, 0.4) is 0 Å². The molecule has 0 fully saturated rings. The van der Waals surface area contributed by atoms with Crippen molar-refractivity contribution in [3.8, 4) is 0 Å². The number of primary amides is 1. The Morgan fingerprint density at radius 3 is 2.59 bits per heavy atom. The normalized spacial score (nSPS) is 11.2. The lowest BCUT2D eigenvalue weighted by atomic mass is 10.2. The summed E-state index contributed by atoms with van der Waals surface area (Å²) in [6, 6.07) is 4.07. The van der Waals surface area contributed by atoms with Crippen LogP contribution in [0.15, 0.2) is 18.2 Å². The van der Waals surface area contributed by atoms with Gasteiger partial charge >= 0.3 is 0 Å². The van der Waals surface area contributed by atoms with Gasteiger partial charge in [-0.15, -0.1) is 11.6 Å². The Morgan fingerprint density at radius 1 is 1.41 bits per heavy atom. The van der Waals surface area contributed by atoms with Crippen LogP contribution >= 0.6 is 23.2 Å². The van der Waals surface area contributed by atoms with E-state index in [9.17, 15) is 13.2 Å². The number of hydrogen-bond acceptors (Lipinski definition) is 3. The number of alkyl halides is 1. The number of benzene rings is 1. The van der Waals surface area contributed by atoms with Crippen molar-refractivity contribution in [1.29, 1.82) is 0 Å². The van der Waals surface area contributed by atoms with Crippen molar-refractivity contribution in [2.75, 3.05) is 16.4 Å². The van der Waals surface area contributed by atoms with Gasteiger partial charge in [0.05, 0.1) is 16.5 Å². The van der Waals surface area contributed by atoms with Crippen molar-refractivity contribution in [2.24, 2.45) is 5.73 Å². The van der Waals surface area contributed by atoms with Gasteiger partial charge in [0.25, 0.3) is 0 Å². The number of halogens is 2. The van der Waals surface area contributed by atoms with Crippen molar-refractivity contribution in [2.45, 2.75) is 0 Å². The predicted octanol–water partition coefficient (Wildman–Crippen LogP) is 1.42. The molecule has 0 heterocycles. The first kappa shape index (κ1) is 14.1. The first-order chi connectivity index (χ1) is 7.85. The largest absolute Gasteiger partial charge is 0.366 e. The molecule has 0 aliphatic carbocycles. The molecule has 17 heavy (non-hydrogen) atoms. The van der Waals surface area contributed by atoms with Crippen LogP contribution < -0.4 is 10.5 Å². The Morgan fingerprint density at radius 2 is 2.06 bits per heavy atom. The summed E-state index contributed by atoms with van der Waals surface area (Å²) >= 11 is 11.1. The number of sulfonamides is 1. The second kappa shape index (κ2) is 5.57. The van der Waals surface area contributed by atoms with E-state index in [4.69, 9.17) is 28.9 Å². The Hall–Kier alpha value is -0.980. The van der Waals surface area contributed by atoms with Crippen LogP contribution in [0.4, 0.5) is 5.69 Å². The maximum atomic E-state index is 11.5. The van der Waals surface area contributed by atoms with Gasteiger partial charge in [-0.2, -0.15) is 0 Å². The molecular formula is C9H10Cl2N2O3S. The van der Waals surface area contributed by atoms with Crippen molar-refractivity contribution in [3.63, 3.8) is 0 Å². The van der Waals surface area contributed by atoms with Gasteiger partial charge in [0.1, 0.15) is 0 Å². The molecule has 0 spiro atoms. The molecule has 0 saturated carbocycles. The first-order valence-corrected chi connectivity index (χ1v) is 7.08. The van der Waals surface area contributed by atoms with E-state index in [1.54, 1.807) is 0 Å². The zero-order valence-corrected chi connectivity index (χ0v) is 10.9. The fraction of sp³-hybridized carbons (Fsp3) is 0.222. The topological polar surface area (TPSA) is 89.3 Å². The summed E-state index contributed by atoms with van der Waals surface area (Å²) in [6.45, 7) is 0. The number of nitrogens with one attached hydrogen (secondary N) is 1. The van der Waals surface area contributed by atoms with Crippen LogP contribution in [-0.2, 0) is 10.0 Å². The molecule has 3 N–H and O–H groups in total. The summed E-state index contributed by atoms with van der Waals surface area (Å²) < 4.78 is 25.2. The van der Waals surface area contributed by atoms with E-state index in [0.717, 1.165) is 0 Å². The maximum Gasteiger partial charge on any atom is 0.248 e. The van der Waals surface area contributed by atoms with E-state index in [1.807, 2.05) is 0 Å². The SMILES string of the molecule is NC(=O)c1ccc(Cl)c(NS(=O)(=O)CCCl)c1. The average Bonchev–Trinajstić information content (AvgIpc) is 2.20. The highest BCUT2D eigenvalue weighted by molar-refractivity contribution is 7.92. The molecule has 94 valence electrons. The van der Waals surface area contributed by atoms with E-state index in [0.29, 0.717) is 0 Å². The lowest BCUT2D eigenvalue weighted by Crippen LogP contribution is -2.18. The average molecular weight is 297 g/mol. The highest BCUT2D eigenvalue weighted by atomic mass is 35.5. The summed E-state index contributed by atoms with van der Waals surface area (Å²) in [5.41, 5.74) is 5.34. The van der Waals surface area contributed by atoms with Gasteiger partial charge in [0.2, 0.25) is 15.9 Å². The molecule has 0 bridgehead atoms. The minimum absolute atomic E-state index is 0.0392. The van der Waals surface area contributed by atoms with Gasteiger partial charge < -0.3 is 5.73 Å². The minimum Gasteiger partial charge on any atom is -0.366 e. The highest BCUT2D eigenvalue weighted by Gasteiger charge is 2.13. The van der Waals surface area contributed by atoms with E-state index in [-0.39, 0.29) is 27.9 Å². The Bertz CT molecular complexity index is 531. The van der Waals surface area contributed by atoms with Gasteiger partial charge in [-0.1, -0.05) is 11.6 Å². The van der Waals surface area contributed by atoms with E-state index in [1.165, 1.54) is 18.2 Å². The van der Waals surface area contributed by atoms with Crippen LogP contribution in [0.5, 0.6) is 0 Å². The molecule has 0 aliphatic rings. The molecule has 0 aromatic heterocycles. The van der Waals surface area contributed by atoms with E-state index >= 15 is 0 Å². The number of carbonyl (C=O) groups is 1. The third-order valence-electron chi connectivity index (χ3n) is 1.86. The summed E-state index contributed by atoms with van der Waals surface area (Å²) in [4.78, 5) is 10.9. The Kier molecular flexibility index (Phi) is 4.62. The molecule has 1 aromatic carbocycles. The third kappa shape index (κ3) is 4.07. The molecule has 0 aliphatic heterocycles. The van der Waals surface area contributed by atoms with Crippen LogP contribution in [0, 0.1) is 0 Å². The summed E-state index contributed by atoms with van der Waals surface area (Å²) in [5.74, 6) is -0.951. The predicted molar refractivity (Wildman–Crippen MR) is 68.1 cm³/mol. The lowest BCUT2D eigenvalue weighted by Gasteiger charge is -2.09. The van der Waals surface area contributed by atoms with Gasteiger partial charge in [-0.25, -0.2) is 8.42 Å². The van der Waals surface area contributed by atoms with Crippen LogP contribution in [-0.4, -0.2) is 26.0 Å². The summed E-state index contributed by atoms with van der Waals surface area (Å²) in [6.07, 6.45) is 0. The van der Waals surface area contributed by atoms with Crippen molar-refractivity contribution >= 4 is 44.8 Å². The second-order valence-corrected chi connectivity index (χ2v) is 5.80. The van der Waals surface area contributed by atoms with Crippen molar-refractivity contribution in [3.05, 3.63) is 28.8 Å². The third-order valence-corrected chi connectivity index (χ3v) is 3.88. The molecule has 5 nitrogen and oxygen atoms in total. The molecule has 0 unspecified atom stereocenters. The Labute approximate surface area is 109 Å². The monoisotopic (exact) mass is 296 g/mol. The fourth-order valence-electron chi connectivity index (χ4n) is 1.08. The number of amides is 1. The number of nitrogens with two attached hydrogens (primary N) is 1. The fourth-order valence-corrected chi connectivity index (χ4v) is 2.72. The van der Waals surface area contributed by atoms with Gasteiger partial charge in [0, 0.05) is 11.4 Å². The van der Waals surface area contributed by atoms with Gasteiger partial charge in [-0.05, 0) is 18.2 Å². The number of hydrogen-bond donors (Lipinski definition) is 2. The molecule has 1 aromatic rings. The molecule has 0 saturated heterocycles. The Balaban J connectivity index is 3.06. The molecule has 0 atom stereocenters. The zero-order valence-electron chi connectivity index (χ0n) is 8.61. The second-order valence-electron chi connectivity index (χ2n) is 3.17. The number of carbonyl (C=O) groups excluding carboxylic acids is 1. The molecular weight excluding hydrogens is 287 g/mol. The summed E-state index contributed by atoms with van der Waals surface area (Å²) in [5, 5.41) is 0.174. The minimum atomic E-state index is -3.57. The molecule has 8 heteroatoms. The summed E-state index contributed by atoms with van der Waals surface area (Å²) in [7, 11) is -3.57. The van der Waals surface area contributed by atoms with E-state index in [2.05, 4.69) is 4.72 Å². The molecule has 0 radical (unpaired) electrons. The van der Waals surface area contributed by atoms with Crippen molar-refractivity contribution < 1.29 is 13.2 Å². The maximum absolute atomic E-state index is 11.5. The lowest BCUT2D eigenvalue weighted by molar-refractivity contribution is 0.100. The van der Waals surface area contributed by atoms with Crippen LogP contribution in [0.1, 0.15) is 10.4 Å². The van der Waals surface area contributed by atoms with Gasteiger partial charge in [0.15, 0.2) is 0 Å². The van der Waals surface area contributed by atoms with Crippen LogP contribution in [0.25, 0.3) is 0 Å². The number of rotatable bonds is 5.